The Morgan fingerprint density at radius 1 is 0.857 bits per heavy atom. The highest BCUT2D eigenvalue weighted by atomic mass is 32.2. The first-order chi connectivity index (χ1) is 23.2. The van der Waals surface area contributed by atoms with Crippen LogP contribution in [0.1, 0.15) is 36.1 Å². The van der Waals surface area contributed by atoms with Gasteiger partial charge in [-0.25, -0.2) is 8.42 Å². The SMILES string of the molecule is COc1cccc(CN(C(=O)CN(c2cccc(C(F)(F)F)c2)S(=O)(=O)c2ccc(C)cc2)[C@@H](Cc2ccccc2)C(=O)NCC(C)C)c1. The van der Waals surface area contributed by atoms with E-state index in [0.29, 0.717) is 28.2 Å². The van der Waals surface area contributed by atoms with Crippen LogP contribution in [-0.4, -0.2) is 51.4 Å². The third-order valence-electron chi connectivity index (χ3n) is 7.79. The van der Waals surface area contributed by atoms with Gasteiger partial charge in [-0.15, -0.1) is 0 Å². The Labute approximate surface area is 285 Å². The highest BCUT2D eigenvalue weighted by Gasteiger charge is 2.36. The number of carbonyl (C=O) groups excluding carboxylic acids is 2. The summed E-state index contributed by atoms with van der Waals surface area (Å²) in [6.07, 6.45) is -4.68. The van der Waals surface area contributed by atoms with Crippen LogP contribution in [0.2, 0.25) is 0 Å². The monoisotopic (exact) mass is 695 g/mol. The van der Waals surface area contributed by atoms with Crippen LogP contribution >= 0.6 is 0 Å². The molecular weight excluding hydrogens is 655 g/mol. The number of benzene rings is 4. The Morgan fingerprint density at radius 2 is 1.51 bits per heavy atom. The molecule has 49 heavy (non-hydrogen) atoms. The average molecular weight is 696 g/mol. The van der Waals surface area contributed by atoms with Gasteiger partial charge < -0.3 is 15.0 Å². The van der Waals surface area contributed by atoms with Crippen LogP contribution in [-0.2, 0) is 38.8 Å². The first-order valence-corrected chi connectivity index (χ1v) is 17.1. The van der Waals surface area contributed by atoms with Crippen LogP contribution in [0.3, 0.4) is 0 Å². The summed E-state index contributed by atoms with van der Waals surface area (Å²) in [6.45, 7) is 4.93. The van der Waals surface area contributed by atoms with Gasteiger partial charge in [-0.1, -0.05) is 80.1 Å². The van der Waals surface area contributed by atoms with Crippen molar-refractivity contribution in [3.8, 4) is 5.75 Å². The number of hydrogen-bond donors (Lipinski definition) is 1. The molecule has 0 aliphatic carbocycles. The van der Waals surface area contributed by atoms with Crippen LogP contribution in [0, 0.1) is 12.8 Å². The van der Waals surface area contributed by atoms with Gasteiger partial charge in [-0.3, -0.25) is 13.9 Å². The molecule has 0 aromatic heterocycles. The van der Waals surface area contributed by atoms with Crippen LogP contribution in [0.15, 0.2) is 108 Å². The van der Waals surface area contributed by atoms with Crippen LogP contribution < -0.4 is 14.4 Å². The van der Waals surface area contributed by atoms with Gasteiger partial charge in [0.05, 0.1) is 23.3 Å². The third-order valence-corrected chi connectivity index (χ3v) is 9.58. The molecule has 1 N–H and O–H groups in total. The van der Waals surface area contributed by atoms with Crippen molar-refractivity contribution in [2.24, 2.45) is 5.92 Å². The van der Waals surface area contributed by atoms with E-state index in [-0.39, 0.29) is 29.5 Å². The smallest absolute Gasteiger partial charge is 0.416 e. The van der Waals surface area contributed by atoms with E-state index in [4.69, 9.17) is 4.74 Å². The zero-order valence-corrected chi connectivity index (χ0v) is 28.6. The fourth-order valence-electron chi connectivity index (χ4n) is 5.15. The first kappa shape index (κ1) is 37.0. The fraction of sp³-hybridized carbons (Fsp3) is 0.297. The molecule has 12 heteroatoms. The Kier molecular flexibility index (Phi) is 12.1. The molecule has 0 saturated heterocycles. The minimum absolute atomic E-state index is 0.0920. The van der Waals surface area contributed by atoms with E-state index < -0.39 is 46.2 Å². The average Bonchev–Trinajstić information content (AvgIpc) is 3.07. The molecule has 0 saturated carbocycles. The fourth-order valence-corrected chi connectivity index (χ4v) is 6.55. The van der Waals surface area contributed by atoms with Crippen molar-refractivity contribution in [2.75, 3.05) is 24.5 Å². The number of sulfonamides is 1. The number of hydrogen-bond acceptors (Lipinski definition) is 5. The molecule has 0 unspecified atom stereocenters. The molecule has 0 aliphatic heterocycles. The van der Waals surface area contributed by atoms with Crippen molar-refractivity contribution in [1.29, 1.82) is 0 Å². The van der Waals surface area contributed by atoms with Gasteiger partial charge in [0.15, 0.2) is 0 Å². The van der Waals surface area contributed by atoms with E-state index in [9.17, 15) is 31.2 Å². The lowest BCUT2D eigenvalue weighted by atomic mass is 10.0. The second-order valence-corrected chi connectivity index (χ2v) is 14.0. The number of alkyl halides is 3. The maximum absolute atomic E-state index is 14.6. The molecule has 0 fully saturated rings. The predicted molar refractivity (Wildman–Crippen MR) is 182 cm³/mol. The molecule has 4 rings (SSSR count). The van der Waals surface area contributed by atoms with E-state index in [1.807, 2.05) is 32.0 Å². The molecular formula is C37H40F3N3O5S. The van der Waals surface area contributed by atoms with Gasteiger partial charge in [-0.2, -0.15) is 13.2 Å². The summed E-state index contributed by atoms with van der Waals surface area (Å²) in [6, 6.07) is 24.4. The molecule has 8 nitrogen and oxygen atoms in total. The Morgan fingerprint density at radius 3 is 2.14 bits per heavy atom. The van der Waals surface area contributed by atoms with Crippen molar-refractivity contribution < 1.29 is 35.9 Å². The number of methoxy groups -OCH3 is 1. The standard InChI is InChI=1S/C37H40F3N3O5S/c1-26(2)23-41-36(45)34(21-28-10-6-5-7-11-28)42(24-29-12-8-15-32(20-29)48-4)35(44)25-43(31-14-9-13-30(22-31)37(38,39)40)49(46,47)33-18-16-27(3)17-19-33/h5-20,22,26,34H,21,23-25H2,1-4H3,(H,41,45)/t34-/m0/s1. The number of carbonyl (C=O) groups is 2. The van der Waals surface area contributed by atoms with Gasteiger partial charge in [0.2, 0.25) is 11.8 Å². The van der Waals surface area contributed by atoms with Crippen molar-refractivity contribution >= 4 is 27.5 Å². The van der Waals surface area contributed by atoms with E-state index in [0.717, 1.165) is 23.3 Å². The summed E-state index contributed by atoms with van der Waals surface area (Å²) >= 11 is 0. The van der Waals surface area contributed by atoms with E-state index in [2.05, 4.69) is 5.32 Å². The van der Waals surface area contributed by atoms with Crippen molar-refractivity contribution in [2.45, 2.75) is 50.9 Å². The van der Waals surface area contributed by atoms with Gasteiger partial charge in [0, 0.05) is 19.5 Å². The number of ether oxygens (including phenoxy) is 1. The zero-order chi connectivity index (χ0) is 35.8. The summed E-state index contributed by atoms with van der Waals surface area (Å²) in [7, 11) is -3.09. The highest BCUT2D eigenvalue weighted by molar-refractivity contribution is 7.92. The second kappa shape index (κ2) is 16.0. The third kappa shape index (κ3) is 9.85. The number of halogens is 3. The summed E-state index contributed by atoms with van der Waals surface area (Å²) < 4.78 is 75.8. The normalized spacial score (nSPS) is 12.3. The molecule has 4 aromatic rings. The second-order valence-electron chi connectivity index (χ2n) is 12.1. The molecule has 4 aromatic carbocycles. The highest BCUT2D eigenvalue weighted by Crippen LogP contribution is 2.33. The van der Waals surface area contributed by atoms with Crippen LogP contribution in [0.25, 0.3) is 0 Å². The minimum atomic E-state index is -4.77. The zero-order valence-electron chi connectivity index (χ0n) is 27.8. The van der Waals surface area contributed by atoms with Crippen LogP contribution in [0.5, 0.6) is 5.75 Å². The molecule has 0 spiro atoms. The van der Waals surface area contributed by atoms with Crippen molar-refractivity contribution in [3.63, 3.8) is 0 Å². The molecule has 0 heterocycles. The summed E-state index contributed by atoms with van der Waals surface area (Å²) in [5.41, 5.74) is 0.673. The number of amides is 2. The molecule has 0 radical (unpaired) electrons. The lowest BCUT2D eigenvalue weighted by Gasteiger charge is -2.34. The number of nitrogens with zero attached hydrogens (tertiary/aromatic N) is 2. The largest absolute Gasteiger partial charge is 0.497 e. The number of rotatable bonds is 14. The van der Waals surface area contributed by atoms with Gasteiger partial charge in [0.25, 0.3) is 10.0 Å². The Hall–Kier alpha value is -4.84. The van der Waals surface area contributed by atoms with Crippen molar-refractivity contribution in [3.05, 3.63) is 125 Å². The van der Waals surface area contributed by atoms with E-state index in [1.165, 1.54) is 30.2 Å². The quantitative estimate of drug-likeness (QED) is 0.160. The van der Waals surface area contributed by atoms with Gasteiger partial charge in [-0.05, 0) is 66.4 Å². The van der Waals surface area contributed by atoms with E-state index in [1.54, 1.807) is 55.5 Å². The summed E-state index contributed by atoms with van der Waals surface area (Å²) in [4.78, 5) is 29.5. The van der Waals surface area contributed by atoms with Gasteiger partial charge in [0.1, 0.15) is 18.3 Å². The predicted octanol–water partition coefficient (Wildman–Crippen LogP) is 6.63. The summed E-state index contributed by atoms with van der Waals surface area (Å²) in [5.74, 6) is -0.654. The van der Waals surface area contributed by atoms with Crippen LogP contribution in [0.4, 0.5) is 18.9 Å². The minimum Gasteiger partial charge on any atom is -0.497 e. The lowest BCUT2D eigenvalue weighted by molar-refractivity contribution is -0.140. The molecule has 0 aliphatic rings. The number of anilines is 1. The number of aryl methyl sites for hydroxylation is 1. The topological polar surface area (TPSA) is 96.0 Å². The first-order valence-electron chi connectivity index (χ1n) is 15.7. The lowest BCUT2D eigenvalue weighted by Crippen LogP contribution is -2.53. The molecule has 2 amide bonds. The maximum atomic E-state index is 14.6. The van der Waals surface area contributed by atoms with Crippen molar-refractivity contribution in [1.82, 2.24) is 10.2 Å². The Balaban J connectivity index is 1.85. The summed E-state index contributed by atoms with van der Waals surface area (Å²) in [5, 5.41) is 2.90. The molecule has 260 valence electrons. The Bertz CT molecular complexity index is 1830. The number of nitrogens with one attached hydrogen (secondary N) is 1. The molecule has 1 atom stereocenters. The van der Waals surface area contributed by atoms with Gasteiger partial charge >= 0.3 is 6.18 Å². The maximum Gasteiger partial charge on any atom is 0.416 e. The molecule has 0 bridgehead atoms. The van der Waals surface area contributed by atoms with E-state index >= 15 is 0 Å².